The Kier molecular flexibility index (Phi) is 4.55. The van der Waals surface area contributed by atoms with Crippen LogP contribution in [-0.2, 0) is 9.59 Å². The molecule has 1 heterocycles. The van der Waals surface area contributed by atoms with E-state index >= 15 is 0 Å². The fourth-order valence-electron chi connectivity index (χ4n) is 2.26. The molecular weight excluding hydrogens is 299 g/mol. The maximum Gasteiger partial charge on any atom is 0.250 e. The molecule has 2 amide bonds. The molecular formula is C14H16Cl2N2O2. The summed E-state index contributed by atoms with van der Waals surface area (Å²) in [6.07, 6.45) is 0.607. The first-order valence-corrected chi connectivity index (χ1v) is 7.19. The van der Waals surface area contributed by atoms with E-state index in [2.05, 4.69) is 5.32 Å². The van der Waals surface area contributed by atoms with Gasteiger partial charge in [0.2, 0.25) is 11.8 Å². The van der Waals surface area contributed by atoms with Gasteiger partial charge in [-0.3, -0.25) is 9.59 Å². The summed E-state index contributed by atoms with van der Waals surface area (Å²) in [7, 11) is 0. The normalized spacial score (nSPS) is 19.4. The number of amides is 2. The van der Waals surface area contributed by atoms with Crippen LogP contribution in [0.25, 0.3) is 0 Å². The molecule has 4 nitrogen and oxygen atoms in total. The SMILES string of the molecule is CC(C)CC1NC(=O)CN(c2cc(Cl)cc(Cl)c2)C1=O. The molecule has 1 atom stereocenters. The predicted molar refractivity (Wildman–Crippen MR) is 80.2 cm³/mol. The van der Waals surface area contributed by atoms with Gasteiger partial charge in [0.15, 0.2) is 0 Å². The molecule has 2 rings (SSSR count). The van der Waals surface area contributed by atoms with Crippen LogP contribution in [0.1, 0.15) is 20.3 Å². The zero-order chi connectivity index (χ0) is 14.9. The van der Waals surface area contributed by atoms with Gasteiger partial charge in [0.25, 0.3) is 0 Å². The molecule has 0 radical (unpaired) electrons. The molecule has 108 valence electrons. The van der Waals surface area contributed by atoms with Crippen molar-refractivity contribution in [3.8, 4) is 0 Å². The van der Waals surface area contributed by atoms with E-state index in [0.717, 1.165) is 0 Å². The highest BCUT2D eigenvalue weighted by molar-refractivity contribution is 6.35. The van der Waals surface area contributed by atoms with Gasteiger partial charge in [-0.1, -0.05) is 37.0 Å². The largest absolute Gasteiger partial charge is 0.343 e. The highest BCUT2D eigenvalue weighted by atomic mass is 35.5. The van der Waals surface area contributed by atoms with Gasteiger partial charge >= 0.3 is 0 Å². The third-order valence-electron chi connectivity index (χ3n) is 3.07. The van der Waals surface area contributed by atoms with Crippen molar-refractivity contribution in [1.82, 2.24) is 5.32 Å². The van der Waals surface area contributed by atoms with E-state index < -0.39 is 6.04 Å². The van der Waals surface area contributed by atoms with Crippen LogP contribution in [0, 0.1) is 5.92 Å². The van der Waals surface area contributed by atoms with Gasteiger partial charge in [-0.05, 0) is 30.5 Å². The lowest BCUT2D eigenvalue weighted by atomic mass is 10.0. The monoisotopic (exact) mass is 314 g/mol. The molecule has 0 saturated carbocycles. The second kappa shape index (κ2) is 6.02. The number of hydrogen-bond acceptors (Lipinski definition) is 2. The Labute approximate surface area is 128 Å². The van der Waals surface area contributed by atoms with Gasteiger partial charge in [0, 0.05) is 15.7 Å². The highest BCUT2D eigenvalue weighted by Gasteiger charge is 2.33. The van der Waals surface area contributed by atoms with Crippen LogP contribution in [-0.4, -0.2) is 24.4 Å². The Morgan fingerprint density at radius 1 is 1.25 bits per heavy atom. The standard InChI is InChI=1S/C14H16Cl2N2O2/c1-8(2)3-12-14(20)18(7-13(19)17-12)11-5-9(15)4-10(16)6-11/h4-6,8,12H,3,7H2,1-2H3,(H,17,19). The van der Waals surface area contributed by atoms with E-state index in [0.29, 0.717) is 28.1 Å². The van der Waals surface area contributed by atoms with Crippen molar-refractivity contribution in [2.24, 2.45) is 5.92 Å². The maximum atomic E-state index is 12.5. The van der Waals surface area contributed by atoms with E-state index in [1.807, 2.05) is 13.8 Å². The Hall–Kier alpha value is -1.26. The Balaban J connectivity index is 2.29. The number of piperazine rings is 1. The van der Waals surface area contributed by atoms with Gasteiger partial charge < -0.3 is 10.2 Å². The number of benzene rings is 1. The van der Waals surface area contributed by atoms with Crippen molar-refractivity contribution in [3.63, 3.8) is 0 Å². The third-order valence-corrected chi connectivity index (χ3v) is 3.50. The number of hydrogen-bond donors (Lipinski definition) is 1. The number of rotatable bonds is 3. The molecule has 20 heavy (non-hydrogen) atoms. The minimum Gasteiger partial charge on any atom is -0.343 e. The molecule has 0 bridgehead atoms. The highest BCUT2D eigenvalue weighted by Crippen LogP contribution is 2.27. The van der Waals surface area contributed by atoms with Gasteiger partial charge in [-0.2, -0.15) is 0 Å². The number of nitrogens with one attached hydrogen (secondary N) is 1. The summed E-state index contributed by atoms with van der Waals surface area (Å²) in [6, 6.07) is 4.37. The van der Waals surface area contributed by atoms with Crippen LogP contribution < -0.4 is 10.2 Å². The van der Waals surface area contributed by atoms with Crippen LogP contribution in [0.5, 0.6) is 0 Å². The summed E-state index contributed by atoms with van der Waals surface area (Å²) >= 11 is 11.9. The van der Waals surface area contributed by atoms with Gasteiger partial charge in [0.05, 0.1) is 0 Å². The molecule has 0 aliphatic carbocycles. The van der Waals surface area contributed by atoms with Crippen molar-refractivity contribution in [1.29, 1.82) is 0 Å². The van der Waals surface area contributed by atoms with E-state index in [4.69, 9.17) is 23.2 Å². The van der Waals surface area contributed by atoms with Gasteiger partial charge in [-0.15, -0.1) is 0 Å². The van der Waals surface area contributed by atoms with Gasteiger partial charge in [0.1, 0.15) is 12.6 Å². The smallest absolute Gasteiger partial charge is 0.250 e. The first-order chi connectivity index (χ1) is 9.36. The topological polar surface area (TPSA) is 49.4 Å². The summed E-state index contributed by atoms with van der Waals surface area (Å²) in [5.41, 5.74) is 0.552. The second-order valence-electron chi connectivity index (χ2n) is 5.30. The first kappa shape index (κ1) is 15.1. The summed E-state index contributed by atoms with van der Waals surface area (Å²) in [4.78, 5) is 25.7. The van der Waals surface area contributed by atoms with Crippen molar-refractivity contribution < 1.29 is 9.59 Å². The minimum atomic E-state index is -0.492. The molecule has 0 aromatic heterocycles. The van der Waals surface area contributed by atoms with E-state index in [-0.39, 0.29) is 18.4 Å². The summed E-state index contributed by atoms with van der Waals surface area (Å²) in [5.74, 6) is 0.00938. The van der Waals surface area contributed by atoms with Crippen molar-refractivity contribution in [2.45, 2.75) is 26.3 Å². The Morgan fingerprint density at radius 2 is 1.85 bits per heavy atom. The molecule has 1 aromatic carbocycles. The summed E-state index contributed by atoms with van der Waals surface area (Å²) in [5, 5.41) is 3.60. The Morgan fingerprint density at radius 3 is 2.40 bits per heavy atom. The Bertz CT molecular complexity index is 526. The number of carbonyl (C=O) groups is 2. The van der Waals surface area contributed by atoms with E-state index in [1.54, 1.807) is 18.2 Å². The molecule has 1 fully saturated rings. The lowest BCUT2D eigenvalue weighted by Gasteiger charge is -2.33. The molecule has 6 heteroatoms. The average Bonchev–Trinajstić information content (AvgIpc) is 2.31. The first-order valence-electron chi connectivity index (χ1n) is 6.43. The lowest BCUT2D eigenvalue weighted by molar-refractivity contribution is -0.131. The number of halogens is 2. The third kappa shape index (κ3) is 3.44. The number of anilines is 1. The molecule has 1 aromatic rings. The summed E-state index contributed by atoms with van der Waals surface area (Å²) in [6.45, 7) is 4.01. The predicted octanol–water partition coefficient (Wildman–Crippen LogP) is 2.87. The maximum absolute atomic E-state index is 12.5. The van der Waals surface area contributed by atoms with Gasteiger partial charge in [-0.25, -0.2) is 0 Å². The van der Waals surface area contributed by atoms with Crippen LogP contribution in [0.15, 0.2) is 18.2 Å². The van der Waals surface area contributed by atoms with Crippen LogP contribution in [0.3, 0.4) is 0 Å². The summed E-state index contributed by atoms with van der Waals surface area (Å²) < 4.78 is 0. The van der Waals surface area contributed by atoms with Crippen molar-refractivity contribution in [2.75, 3.05) is 11.4 Å². The molecule has 1 unspecified atom stereocenters. The van der Waals surface area contributed by atoms with Crippen LogP contribution in [0.2, 0.25) is 10.0 Å². The van der Waals surface area contributed by atoms with Crippen molar-refractivity contribution in [3.05, 3.63) is 28.2 Å². The molecule has 1 saturated heterocycles. The second-order valence-corrected chi connectivity index (χ2v) is 6.17. The molecule has 1 N–H and O–H groups in total. The quantitative estimate of drug-likeness (QED) is 0.932. The zero-order valence-electron chi connectivity index (χ0n) is 11.3. The lowest BCUT2D eigenvalue weighted by Crippen LogP contribution is -2.58. The van der Waals surface area contributed by atoms with E-state index in [9.17, 15) is 9.59 Å². The number of nitrogens with zero attached hydrogens (tertiary/aromatic N) is 1. The minimum absolute atomic E-state index is 0.00982. The molecule has 0 spiro atoms. The molecule has 1 aliphatic rings. The van der Waals surface area contributed by atoms with Crippen molar-refractivity contribution >= 4 is 40.7 Å². The zero-order valence-corrected chi connectivity index (χ0v) is 12.8. The fourth-order valence-corrected chi connectivity index (χ4v) is 2.77. The average molecular weight is 315 g/mol. The molecule has 1 aliphatic heterocycles. The van der Waals surface area contributed by atoms with Crippen LogP contribution >= 0.6 is 23.2 Å². The fraction of sp³-hybridized carbons (Fsp3) is 0.429. The van der Waals surface area contributed by atoms with E-state index in [1.165, 1.54) is 4.90 Å². The number of carbonyl (C=O) groups excluding carboxylic acids is 2. The van der Waals surface area contributed by atoms with Crippen LogP contribution in [0.4, 0.5) is 5.69 Å².